The van der Waals surface area contributed by atoms with Gasteiger partial charge in [0.25, 0.3) is 0 Å². The summed E-state index contributed by atoms with van der Waals surface area (Å²) in [6, 6.07) is 4.92. The van der Waals surface area contributed by atoms with Crippen LogP contribution in [0, 0.1) is 0 Å². The lowest BCUT2D eigenvalue weighted by Crippen LogP contribution is -2.38. The predicted molar refractivity (Wildman–Crippen MR) is 66.1 cm³/mol. The lowest BCUT2D eigenvalue weighted by Gasteiger charge is -2.23. The van der Waals surface area contributed by atoms with Crippen molar-refractivity contribution in [2.24, 2.45) is 0 Å². The number of aliphatic hydroxyl groups is 1. The molecule has 7 heteroatoms. The molecule has 0 fully saturated rings. The second kappa shape index (κ2) is 6.60. The molecule has 0 aliphatic carbocycles. The Balaban J connectivity index is 2.73. The molecule has 20 heavy (non-hydrogen) atoms. The summed E-state index contributed by atoms with van der Waals surface area (Å²) in [5.74, 6) is -0.656. The molecule has 0 heterocycles. The minimum Gasteiger partial charge on any atom is -0.406 e. The van der Waals surface area contributed by atoms with Crippen LogP contribution in [0.4, 0.5) is 13.2 Å². The van der Waals surface area contributed by atoms with E-state index in [0.29, 0.717) is 5.56 Å². The first-order valence-electron chi connectivity index (χ1n) is 5.94. The number of rotatable bonds is 5. The van der Waals surface area contributed by atoms with Gasteiger partial charge in [-0.15, -0.1) is 13.2 Å². The van der Waals surface area contributed by atoms with Crippen LogP contribution < -0.4 is 4.74 Å². The fourth-order valence-corrected chi connectivity index (χ4v) is 1.52. The lowest BCUT2D eigenvalue weighted by molar-refractivity contribution is -0.274. The van der Waals surface area contributed by atoms with Crippen molar-refractivity contribution in [1.29, 1.82) is 0 Å². The van der Waals surface area contributed by atoms with E-state index in [1.54, 1.807) is 13.0 Å². The van der Waals surface area contributed by atoms with Crippen LogP contribution >= 0.6 is 0 Å². The number of amides is 1. The maximum atomic E-state index is 12.1. The van der Waals surface area contributed by atoms with Gasteiger partial charge in [0, 0.05) is 7.05 Å². The fraction of sp³-hybridized carbons (Fsp3) is 0.462. The van der Waals surface area contributed by atoms with Gasteiger partial charge >= 0.3 is 6.36 Å². The SMILES string of the molecule is C[C@H](CO)N(C)C(=O)Cc1cccc(OC(F)(F)F)c1. The lowest BCUT2D eigenvalue weighted by atomic mass is 10.1. The monoisotopic (exact) mass is 291 g/mol. The van der Waals surface area contributed by atoms with E-state index in [2.05, 4.69) is 4.74 Å². The second-order valence-electron chi connectivity index (χ2n) is 4.41. The summed E-state index contributed by atoms with van der Waals surface area (Å²) in [7, 11) is 1.53. The number of carbonyl (C=O) groups excluding carboxylic acids is 1. The van der Waals surface area contributed by atoms with Crippen molar-refractivity contribution < 1.29 is 27.8 Å². The van der Waals surface area contributed by atoms with E-state index < -0.39 is 6.36 Å². The second-order valence-corrected chi connectivity index (χ2v) is 4.41. The van der Waals surface area contributed by atoms with E-state index in [4.69, 9.17) is 5.11 Å². The van der Waals surface area contributed by atoms with Crippen LogP contribution in [-0.4, -0.2) is 42.0 Å². The molecule has 0 radical (unpaired) electrons. The number of nitrogens with zero attached hydrogens (tertiary/aromatic N) is 1. The molecule has 1 rings (SSSR count). The van der Waals surface area contributed by atoms with Crippen molar-refractivity contribution >= 4 is 5.91 Å². The molecule has 0 unspecified atom stereocenters. The number of carbonyl (C=O) groups is 1. The molecule has 0 aliphatic heterocycles. The van der Waals surface area contributed by atoms with Crippen LogP contribution in [0.5, 0.6) is 5.75 Å². The summed E-state index contributed by atoms with van der Waals surface area (Å²) in [5, 5.41) is 8.95. The largest absolute Gasteiger partial charge is 0.573 e. The Hall–Kier alpha value is -1.76. The average molecular weight is 291 g/mol. The fourth-order valence-electron chi connectivity index (χ4n) is 1.52. The summed E-state index contributed by atoms with van der Waals surface area (Å²) < 4.78 is 40.1. The minimum absolute atomic E-state index is 0.0596. The van der Waals surface area contributed by atoms with Gasteiger partial charge in [-0.3, -0.25) is 4.79 Å². The summed E-state index contributed by atoms with van der Waals surface area (Å²) in [6.45, 7) is 1.49. The first kappa shape index (κ1) is 16.3. The number of ether oxygens (including phenoxy) is 1. The molecule has 0 aromatic heterocycles. The number of alkyl halides is 3. The molecule has 0 saturated heterocycles. The normalized spacial score (nSPS) is 12.9. The van der Waals surface area contributed by atoms with Crippen molar-refractivity contribution in [3.05, 3.63) is 29.8 Å². The quantitative estimate of drug-likeness (QED) is 0.902. The van der Waals surface area contributed by atoms with Gasteiger partial charge in [0.2, 0.25) is 5.91 Å². The highest BCUT2D eigenvalue weighted by molar-refractivity contribution is 5.78. The van der Waals surface area contributed by atoms with E-state index in [1.807, 2.05) is 0 Å². The molecule has 112 valence electrons. The van der Waals surface area contributed by atoms with Gasteiger partial charge in [0.1, 0.15) is 5.75 Å². The van der Waals surface area contributed by atoms with Crippen molar-refractivity contribution in [3.8, 4) is 5.75 Å². The number of benzene rings is 1. The zero-order chi connectivity index (χ0) is 15.3. The van der Waals surface area contributed by atoms with Gasteiger partial charge in [0.05, 0.1) is 19.1 Å². The summed E-state index contributed by atoms with van der Waals surface area (Å²) in [6.07, 6.45) is -4.82. The zero-order valence-electron chi connectivity index (χ0n) is 11.1. The van der Waals surface area contributed by atoms with Gasteiger partial charge < -0.3 is 14.7 Å². The van der Waals surface area contributed by atoms with E-state index in [-0.39, 0.29) is 30.7 Å². The molecule has 4 nitrogen and oxygen atoms in total. The first-order chi connectivity index (χ1) is 9.23. The Kier molecular flexibility index (Phi) is 5.38. The predicted octanol–water partition coefficient (Wildman–Crippen LogP) is 1.97. The first-order valence-corrected chi connectivity index (χ1v) is 5.94. The van der Waals surface area contributed by atoms with Crippen LogP contribution in [0.2, 0.25) is 0 Å². The molecule has 0 aliphatic rings. The highest BCUT2D eigenvalue weighted by atomic mass is 19.4. The molecular weight excluding hydrogens is 275 g/mol. The van der Waals surface area contributed by atoms with Gasteiger partial charge in [0.15, 0.2) is 0 Å². The van der Waals surface area contributed by atoms with Crippen LogP contribution in [-0.2, 0) is 11.2 Å². The van der Waals surface area contributed by atoms with E-state index >= 15 is 0 Å². The highest BCUT2D eigenvalue weighted by Crippen LogP contribution is 2.23. The third-order valence-electron chi connectivity index (χ3n) is 2.81. The summed E-state index contributed by atoms with van der Waals surface area (Å²) in [5.41, 5.74) is 0.411. The zero-order valence-corrected chi connectivity index (χ0v) is 11.1. The van der Waals surface area contributed by atoms with Crippen LogP contribution in [0.1, 0.15) is 12.5 Å². The molecule has 1 aromatic carbocycles. The van der Waals surface area contributed by atoms with Crippen molar-refractivity contribution in [2.75, 3.05) is 13.7 Å². The maximum Gasteiger partial charge on any atom is 0.573 e. The Bertz CT molecular complexity index is 462. The van der Waals surface area contributed by atoms with Gasteiger partial charge in [-0.1, -0.05) is 12.1 Å². The van der Waals surface area contributed by atoms with Crippen LogP contribution in [0.15, 0.2) is 24.3 Å². The molecule has 0 saturated carbocycles. The summed E-state index contributed by atoms with van der Waals surface area (Å²) in [4.78, 5) is 13.2. The Morgan fingerprint density at radius 1 is 1.45 bits per heavy atom. The number of likely N-dealkylation sites (N-methyl/N-ethyl adjacent to an activating group) is 1. The smallest absolute Gasteiger partial charge is 0.406 e. The van der Waals surface area contributed by atoms with Crippen molar-refractivity contribution in [2.45, 2.75) is 25.7 Å². The number of aliphatic hydroxyl groups excluding tert-OH is 1. The van der Waals surface area contributed by atoms with Gasteiger partial charge in [-0.05, 0) is 24.6 Å². The number of hydrogen-bond acceptors (Lipinski definition) is 3. The third-order valence-corrected chi connectivity index (χ3v) is 2.81. The van der Waals surface area contributed by atoms with Gasteiger partial charge in [-0.25, -0.2) is 0 Å². The Morgan fingerprint density at radius 2 is 2.10 bits per heavy atom. The van der Waals surface area contributed by atoms with E-state index in [0.717, 1.165) is 0 Å². The molecule has 1 aromatic rings. The minimum atomic E-state index is -4.76. The van der Waals surface area contributed by atoms with Crippen molar-refractivity contribution in [1.82, 2.24) is 4.90 Å². The molecular formula is C13H16F3NO3. The van der Waals surface area contributed by atoms with E-state index in [9.17, 15) is 18.0 Å². The molecule has 1 N–H and O–H groups in total. The molecule has 1 atom stereocenters. The van der Waals surface area contributed by atoms with Gasteiger partial charge in [-0.2, -0.15) is 0 Å². The highest BCUT2D eigenvalue weighted by Gasteiger charge is 2.31. The van der Waals surface area contributed by atoms with Crippen molar-refractivity contribution in [3.63, 3.8) is 0 Å². The topological polar surface area (TPSA) is 49.8 Å². The average Bonchev–Trinajstić information content (AvgIpc) is 2.35. The van der Waals surface area contributed by atoms with Crippen LogP contribution in [0.3, 0.4) is 0 Å². The summed E-state index contributed by atoms with van der Waals surface area (Å²) >= 11 is 0. The number of halogens is 3. The maximum absolute atomic E-state index is 12.1. The Morgan fingerprint density at radius 3 is 2.65 bits per heavy atom. The third kappa shape index (κ3) is 5.08. The molecule has 1 amide bonds. The molecule has 0 bridgehead atoms. The number of hydrogen-bond donors (Lipinski definition) is 1. The molecule has 0 spiro atoms. The standard InChI is InChI=1S/C13H16F3NO3/c1-9(8-18)17(2)12(19)7-10-4-3-5-11(6-10)20-13(14,15)16/h3-6,9,18H,7-8H2,1-2H3/t9-/m1/s1. The van der Waals surface area contributed by atoms with Crippen LogP contribution in [0.25, 0.3) is 0 Å². The van der Waals surface area contributed by atoms with E-state index in [1.165, 1.54) is 30.1 Å². The Labute approximate surface area is 114 Å².